The van der Waals surface area contributed by atoms with Crippen LogP contribution in [0.5, 0.6) is 0 Å². The lowest BCUT2D eigenvalue weighted by Gasteiger charge is -2.30. The third-order valence-corrected chi connectivity index (χ3v) is 2.95. The first-order valence-corrected chi connectivity index (χ1v) is 6.65. The van der Waals surface area contributed by atoms with Gasteiger partial charge in [-0.2, -0.15) is 0 Å². The van der Waals surface area contributed by atoms with Crippen molar-refractivity contribution in [3.63, 3.8) is 0 Å². The summed E-state index contributed by atoms with van der Waals surface area (Å²) in [7, 11) is 0. The quantitative estimate of drug-likeness (QED) is 0.257. The Hall–Kier alpha value is -3.16. The minimum atomic E-state index is -2.80. The molecule has 130 valence electrons. The second-order valence-electron chi connectivity index (χ2n) is 4.09. The Morgan fingerprint density at radius 1 is 0.792 bits per heavy atom. The number of rotatable bonds is 10. The van der Waals surface area contributed by atoms with Crippen LogP contribution in [-0.2, 0) is 38.1 Å². The van der Waals surface area contributed by atoms with Crippen molar-refractivity contribution in [1.29, 1.82) is 0 Å². The van der Waals surface area contributed by atoms with Crippen molar-refractivity contribution in [2.45, 2.75) is 13.3 Å². The van der Waals surface area contributed by atoms with Crippen molar-refractivity contribution in [1.82, 2.24) is 0 Å². The van der Waals surface area contributed by atoms with Gasteiger partial charge in [-0.1, -0.05) is 33.2 Å². The molecule has 0 heterocycles. The monoisotopic (exact) mass is 338 g/mol. The van der Waals surface area contributed by atoms with E-state index in [1.807, 2.05) is 0 Å². The Labute approximate surface area is 139 Å². The number of hydrogen-bond acceptors (Lipinski definition) is 8. The van der Waals surface area contributed by atoms with E-state index in [0.29, 0.717) is 18.8 Å². The van der Waals surface area contributed by atoms with Gasteiger partial charge in [0.15, 0.2) is 0 Å². The van der Waals surface area contributed by atoms with Crippen molar-refractivity contribution in [3.05, 3.63) is 51.4 Å². The second kappa shape index (κ2) is 9.78. The number of esters is 4. The van der Waals surface area contributed by atoms with E-state index in [4.69, 9.17) is 0 Å². The van der Waals surface area contributed by atoms with Crippen LogP contribution in [0.25, 0.3) is 0 Å². The van der Waals surface area contributed by atoms with Crippen LogP contribution in [0, 0.1) is 11.3 Å². The van der Waals surface area contributed by atoms with Crippen molar-refractivity contribution in [2.24, 2.45) is 11.3 Å². The molecule has 0 aliphatic carbocycles. The first-order chi connectivity index (χ1) is 11.4. The Balaban J connectivity index is 6.51. The minimum Gasteiger partial charge on any atom is -0.435 e. The fourth-order valence-electron chi connectivity index (χ4n) is 2.00. The van der Waals surface area contributed by atoms with Crippen LogP contribution in [0.1, 0.15) is 13.3 Å². The summed E-state index contributed by atoms with van der Waals surface area (Å²) in [4.78, 5) is 49.4. The van der Waals surface area contributed by atoms with Gasteiger partial charge in [0.2, 0.25) is 0 Å². The van der Waals surface area contributed by atoms with Crippen LogP contribution in [0.4, 0.5) is 0 Å². The maximum absolute atomic E-state index is 12.4. The van der Waals surface area contributed by atoms with Crippen molar-refractivity contribution in [2.75, 3.05) is 0 Å². The number of carbonyl (C=O) groups excluding carboxylic acids is 4. The third-order valence-electron chi connectivity index (χ3n) is 2.95. The van der Waals surface area contributed by atoms with E-state index in [2.05, 4.69) is 45.3 Å². The fraction of sp³-hybridized carbons (Fsp3) is 0.250. The van der Waals surface area contributed by atoms with Crippen molar-refractivity contribution < 1.29 is 38.1 Å². The zero-order chi connectivity index (χ0) is 18.8. The third kappa shape index (κ3) is 3.97. The molecule has 0 radical (unpaired) electrons. The zero-order valence-corrected chi connectivity index (χ0v) is 13.2. The number of hydrogen-bond donors (Lipinski definition) is 0. The normalized spacial score (nSPS) is 11.2. The Morgan fingerprint density at radius 3 is 1.38 bits per heavy atom. The van der Waals surface area contributed by atoms with Gasteiger partial charge in [0, 0.05) is 0 Å². The molecule has 24 heavy (non-hydrogen) atoms. The lowest BCUT2D eigenvalue weighted by atomic mass is 9.73. The molecule has 0 fully saturated rings. The molecular formula is C16H18O8. The van der Waals surface area contributed by atoms with Crippen LogP contribution < -0.4 is 0 Å². The van der Waals surface area contributed by atoms with E-state index < -0.39 is 35.2 Å². The van der Waals surface area contributed by atoms with E-state index in [9.17, 15) is 19.2 Å². The number of carbonyl (C=O) groups is 4. The summed E-state index contributed by atoms with van der Waals surface area (Å²) < 4.78 is 18.3. The molecular weight excluding hydrogens is 320 g/mol. The minimum absolute atomic E-state index is 0.169. The van der Waals surface area contributed by atoms with E-state index >= 15 is 0 Å². The summed E-state index contributed by atoms with van der Waals surface area (Å²) in [6, 6.07) is 0. The molecule has 0 saturated carbocycles. The first-order valence-electron chi connectivity index (χ1n) is 6.65. The molecule has 1 atom stereocenters. The van der Waals surface area contributed by atoms with Crippen molar-refractivity contribution in [3.8, 4) is 0 Å². The highest BCUT2D eigenvalue weighted by Gasteiger charge is 2.65. The van der Waals surface area contributed by atoms with Gasteiger partial charge in [0.25, 0.3) is 5.41 Å². The molecule has 0 amide bonds. The smallest absolute Gasteiger partial charge is 0.340 e. The van der Waals surface area contributed by atoms with Crippen molar-refractivity contribution >= 4 is 23.9 Å². The molecule has 0 rings (SSSR count). The summed E-state index contributed by atoms with van der Waals surface area (Å²) in [6.07, 6.45) is 2.67. The van der Waals surface area contributed by atoms with Crippen LogP contribution in [0.2, 0.25) is 0 Å². The van der Waals surface area contributed by atoms with Crippen LogP contribution in [0.3, 0.4) is 0 Å². The van der Waals surface area contributed by atoms with Gasteiger partial charge < -0.3 is 18.9 Å². The fourth-order valence-corrected chi connectivity index (χ4v) is 2.00. The molecule has 0 aromatic rings. The second-order valence-corrected chi connectivity index (χ2v) is 4.09. The molecule has 0 aromatic heterocycles. The van der Waals surface area contributed by atoms with Crippen LogP contribution in [-0.4, -0.2) is 23.9 Å². The molecule has 0 saturated heterocycles. The maximum atomic E-state index is 12.4. The molecule has 0 bridgehead atoms. The lowest BCUT2D eigenvalue weighted by Crippen LogP contribution is -2.55. The van der Waals surface area contributed by atoms with Gasteiger partial charge in [0.05, 0.1) is 31.0 Å². The van der Waals surface area contributed by atoms with E-state index in [1.54, 1.807) is 0 Å². The van der Waals surface area contributed by atoms with E-state index in [0.717, 1.165) is 6.26 Å². The molecule has 0 aliphatic rings. The summed E-state index contributed by atoms with van der Waals surface area (Å²) in [6.45, 7) is 14.2. The zero-order valence-electron chi connectivity index (χ0n) is 13.2. The molecule has 0 N–H and O–H groups in total. The Kier molecular flexibility index (Phi) is 8.49. The molecule has 0 spiro atoms. The topological polar surface area (TPSA) is 105 Å². The van der Waals surface area contributed by atoms with E-state index in [-0.39, 0.29) is 6.42 Å². The summed E-state index contributed by atoms with van der Waals surface area (Å²) in [5.41, 5.74) is -2.80. The molecule has 8 heteroatoms. The highest BCUT2D eigenvalue weighted by atomic mass is 16.6. The highest BCUT2D eigenvalue weighted by molar-refractivity contribution is 6.20. The molecule has 1 unspecified atom stereocenters. The standard InChI is InChI=1S/C16H18O8/c1-6-11(12(17)21-7-2)16(13(18)22-8-3,14(19)23-9-4)15(20)24-10-5/h7-11H,2-6H2,1H3. The average Bonchev–Trinajstić information content (AvgIpc) is 2.52. The van der Waals surface area contributed by atoms with Gasteiger partial charge in [-0.05, 0) is 6.42 Å². The largest absolute Gasteiger partial charge is 0.435 e. The Morgan fingerprint density at radius 2 is 1.12 bits per heavy atom. The van der Waals surface area contributed by atoms with Gasteiger partial charge >= 0.3 is 23.9 Å². The maximum Gasteiger partial charge on any atom is 0.340 e. The van der Waals surface area contributed by atoms with E-state index in [1.165, 1.54) is 6.92 Å². The summed E-state index contributed by atoms with van der Waals surface area (Å²) >= 11 is 0. The van der Waals surface area contributed by atoms with Gasteiger partial charge in [0.1, 0.15) is 0 Å². The van der Waals surface area contributed by atoms with Crippen LogP contribution >= 0.6 is 0 Å². The number of ether oxygens (including phenoxy) is 4. The van der Waals surface area contributed by atoms with Gasteiger partial charge in [-0.25, -0.2) is 14.4 Å². The SMILES string of the molecule is C=COC(=O)C(CC)C(C(=O)OC=C)(C(=O)OC=C)C(=O)OC=C. The highest BCUT2D eigenvalue weighted by Crippen LogP contribution is 2.37. The van der Waals surface area contributed by atoms with Crippen LogP contribution in [0.15, 0.2) is 51.4 Å². The van der Waals surface area contributed by atoms with Gasteiger partial charge in [-0.15, -0.1) is 0 Å². The molecule has 0 aliphatic heterocycles. The predicted molar refractivity (Wildman–Crippen MR) is 81.4 cm³/mol. The average molecular weight is 338 g/mol. The first kappa shape index (κ1) is 20.8. The lowest BCUT2D eigenvalue weighted by molar-refractivity contribution is -0.187. The summed E-state index contributed by atoms with van der Waals surface area (Å²) in [5.74, 6) is -6.99. The Bertz CT molecular complexity index is 505. The molecule has 8 nitrogen and oxygen atoms in total. The predicted octanol–water partition coefficient (Wildman–Crippen LogP) is 1.75. The molecule has 0 aromatic carbocycles. The van der Waals surface area contributed by atoms with Gasteiger partial charge in [-0.3, -0.25) is 4.79 Å². The summed E-state index contributed by atoms with van der Waals surface area (Å²) in [5, 5.41) is 0.